The highest BCUT2D eigenvalue weighted by molar-refractivity contribution is 6.36. The fourth-order valence-corrected chi connectivity index (χ4v) is 1.50. The summed E-state index contributed by atoms with van der Waals surface area (Å²) in [6.07, 6.45) is -0.511. The lowest BCUT2D eigenvalue weighted by molar-refractivity contribution is -0.131. The van der Waals surface area contributed by atoms with Crippen molar-refractivity contribution in [2.75, 3.05) is 6.54 Å². The van der Waals surface area contributed by atoms with E-state index in [9.17, 15) is 9.59 Å². The lowest BCUT2D eigenvalue weighted by Gasteiger charge is -2.07. The van der Waals surface area contributed by atoms with Crippen LogP contribution in [0.25, 0.3) is 0 Å². The largest absolute Gasteiger partial charge is 0.477 e. The number of aromatic nitrogens is 2. The van der Waals surface area contributed by atoms with Gasteiger partial charge < -0.3 is 19.8 Å². The number of aliphatic carboxylic acids is 1. The highest BCUT2D eigenvalue weighted by atomic mass is 16.6. The summed E-state index contributed by atoms with van der Waals surface area (Å²) in [4.78, 5) is 31.0. The molecule has 2 heterocycles. The SMILES string of the molecule is Cc1nc(CCNC(=O)C2CC(C(=O)O)=NO2)no1. The molecule has 1 unspecified atom stereocenters. The van der Waals surface area contributed by atoms with E-state index in [1.807, 2.05) is 0 Å². The molecule has 2 rings (SSSR count). The molecule has 1 aliphatic rings. The third-order valence-corrected chi connectivity index (χ3v) is 2.43. The van der Waals surface area contributed by atoms with E-state index in [0.717, 1.165) is 0 Å². The highest BCUT2D eigenvalue weighted by Crippen LogP contribution is 2.10. The molecule has 19 heavy (non-hydrogen) atoms. The van der Waals surface area contributed by atoms with Gasteiger partial charge in [-0.3, -0.25) is 4.79 Å². The molecule has 9 heteroatoms. The Morgan fingerprint density at radius 2 is 2.32 bits per heavy atom. The first-order valence-electron chi connectivity index (χ1n) is 5.59. The van der Waals surface area contributed by atoms with Gasteiger partial charge in [-0.25, -0.2) is 4.79 Å². The first-order valence-corrected chi connectivity index (χ1v) is 5.59. The topological polar surface area (TPSA) is 127 Å². The van der Waals surface area contributed by atoms with Crippen molar-refractivity contribution >= 4 is 17.6 Å². The normalized spacial score (nSPS) is 17.7. The Morgan fingerprint density at radius 3 is 2.89 bits per heavy atom. The summed E-state index contributed by atoms with van der Waals surface area (Å²) in [6, 6.07) is 0. The second kappa shape index (κ2) is 5.46. The van der Waals surface area contributed by atoms with Gasteiger partial charge in [0.15, 0.2) is 11.5 Å². The van der Waals surface area contributed by atoms with Crippen molar-refractivity contribution in [2.24, 2.45) is 5.16 Å². The Balaban J connectivity index is 1.73. The molecular weight excluding hydrogens is 256 g/mol. The second-order valence-electron chi connectivity index (χ2n) is 3.91. The molecule has 1 aliphatic heterocycles. The van der Waals surface area contributed by atoms with Crippen molar-refractivity contribution in [3.63, 3.8) is 0 Å². The average molecular weight is 268 g/mol. The smallest absolute Gasteiger partial charge is 0.353 e. The van der Waals surface area contributed by atoms with Crippen LogP contribution in [0.1, 0.15) is 18.1 Å². The maximum atomic E-state index is 11.6. The predicted molar refractivity (Wildman–Crippen MR) is 60.3 cm³/mol. The maximum absolute atomic E-state index is 11.6. The van der Waals surface area contributed by atoms with E-state index in [1.54, 1.807) is 6.92 Å². The van der Waals surface area contributed by atoms with E-state index in [2.05, 4.69) is 20.6 Å². The molecular formula is C10H12N4O5. The number of amides is 1. The third-order valence-electron chi connectivity index (χ3n) is 2.43. The van der Waals surface area contributed by atoms with Gasteiger partial charge in [-0.1, -0.05) is 10.3 Å². The highest BCUT2D eigenvalue weighted by Gasteiger charge is 2.31. The molecule has 0 aliphatic carbocycles. The minimum absolute atomic E-state index is 0.0392. The van der Waals surface area contributed by atoms with Gasteiger partial charge in [-0.2, -0.15) is 4.98 Å². The molecule has 1 amide bonds. The van der Waals surface area contributed by atoms with Crippen LogP contribution < -0.4 is 5.32 Å². The molecule has 1 aromatic heterocycles. The first-order chi connectivity index (χ1) is 9.06. The van der Waals surface area contributed by atoms with Crippen LogP contribution in [-0.4, -0.2) is 45.5 Å². The standard InChI is InChI=1S/C10H12N4O5/c1-5-12-8(14-18-5)2-3-11-9(15)7-4-6(10(16)17)13-19-7/h7H,2-4H2,1H3,(H,11,15)(H,16,17). The Hall–Kier alpha value is -2.45. The van der Waals surface area contributed by atoms with Crippen molar-refractivity contribution in [2.45, 2.75) is 25.9 Å². The summed E-state index contributed by atoms with van der Waals surface area (Å²) in [5.41, 5.74) is -0.158. The number of carbonyl (C=O) groups is 2. The minimum Gasteiger partial charge on any atom is -0.477 e. The van der Waals surface area contributed by atoms with E-state index >= 15 is 0 Å². The number of hydrogen-bond acceptors (Lipinski definition) is 7. The van der Waals surface area contributed by atoms with Crippen molar-refractivity contribution in [1.29, 1.82) is 0 Å². The van der Waals surface area contributed by atoms with Crippen LogP contribution in [0, 0.1) is 6.92 Å². The van der Waals surface area contributed by atoms with E-state index < -0.39 is 18.0 Å². The summed E-state index contributed by atoms with van der Waals surface area (Å²) in [6.45, 7) is 1.98. The molecule has 9 nitrogen and oxygen atoms in total. The molecule has 0 spiro atoms. The van der Waals surface area contributed by atoms with Crippen LogP contribution in [-0.2, 0) is 20.8 Å². The zero-order valence-corrected chi connectivity index (χ0v) is 10.1. The number of nitrogens with one attached hydrogen (secondary N) is 1. The van der Waals surface area contributed by atoms with Crippen LogP contribution in [0.5, 0.6) is 0 Å². The van der Waals surface area contributed by atoms with Gasteiger partial charge in [0, 0.05) is 26.3 Å². The van der Waals surface area contributed by atoms with E-state index in [0.29, 0.717) is 24.7 Å². The number of carboxylic acids is 1. The van der Waals surface area contributed by atoms with Crippen LogP contribution in [0.2, 0.25) is 0 Å². The zero-order chi connectivity index (χ0) is 13.8. The molecule has 0 saturated heterocycles. The average Bonchev–Trinajstić information content (AvgIpc) is 2.98. The summed E-state index contributed by atoms with van der Waals surface area (Å²) in [5.74, 6) is -0.648. The summed E-state index contributed by atoms with van der Waals surface area (Å²) < 4.78 is 4.78. The number of hydrogen-bond donors (Lipinski definition) is 2. The number of carboxylic acid groups (broad SMARTS) is 1. The molecule has 1 aromatic rings. The molecule has 102 valence electrons. The molecule has 2 N–H and O–H groups in total. The van der Waals surface area contributed by atoms with Gasteiger partial charge in [-0.05, 0) is 0 Å². The first kappa shape index (κ1) is 13.0. The molecule has 0 fully saturated rings. The fourth-order valence-electron chi connectivity index (χ4n) is 1.50. The van der Waals surface area contributed by atoms with E-state index in [4.69, 9.17) is 14.5 Å². The lowest BCUT2D eigenvalue weighted by atomic mass is 10.1. The second-order valence-corrected chi connectivity index (χ2v) is 3.91. The lowest BCUT2D eigenvalue weighted by Crippen LogP contribution is -2.36. The zero-order valence-electron chi connectivity index (χ0n) is 10.1. The number of carbonyl (C=O) groups excluding carboxylic acids is 1. The van der Waals surface area contributed by atoms with Crippen molar-refractivity contribution in [3.8, 4) is 0 Å². The van der Waals surface area contributed by atoms with Crippen LogP contribution in [0.4, 0.5) is 0 Å². The third kappa shape index (κ3) is 3.27. The summed E-state index contributed by atoms with van der Waals surface area (Å²) >= 11 is 0. The Labute approximate surface area is 107 Å². The number of nitrogens with zero attached hydrogens (tertiary/aromatic N) is 3. The van der Waals surface area contributed by atoms with Crippen molar-refractivity contribution in [1.82, 2.24) is 15.5 Å². The van der Waals surface area contributed by atoms with Gasteiger partial charge in [0.05, 0.1) is 0 Å². The molecule has 1 atom stereocenters. The maximum Gasteiger partial charge on any atom is 0.353 e. The van der Waals surface area contributed by atoms with E-state index in [-0.39, 0.29) is 12.1 Å². The number of oxime groups is 1. The summed E-state index contributed by atoms with van der Waals surface area (Å²) in [7, 11) is 0. The Kier molecular flexibility index (Phi) is 3.74. The van der Waals surface area contributed by atoms with Gasteiger partial charge >= 0.3 is 5.97 Å². The number of rotatable bonds is 5. The number of aryl methyl sites for hydroxylation is 1. The molecule has 0 saturated carbocycles. The van der Waals surface area contributed by atoms with Gasteiger partial charge in [0.2, 0.25) is 12.0 Å². The van der Waals surface area contributed by atoms with Crippen LogP contribution in [0.3, 0.4) is 0 Å². The van der Waals surface area contributed by atoms with Crippen molar-refractivity contribution < 1.29 is 24.1 Å². The van der Waals surface area contributed by atoms with E-state index in [1.165, 1.54) is 0 Å². The quantitative estimate of drug-likeness (QED) is 0.720. The van der Waals surface area contributed by atoms with Crippen LogP contribution >= 0.6 is 0 Å². The minimum atomic E-state index is -1.18. The van der Waals surface area contributed by atoms with Gasteiger partial charge in [0.1, 0.15) is 0 Å². The van der Waals surface area contributed by atoms with Gasteiger partial charge in [-0.15, -0.1) is 0 Å². The fraction of sp³-hybridized carbons (Fsp3) is 0.500. The predicted octanol–water partition coefficient (Wildman–Crippen LogP) is -0.734. The van der Waals surface area contributed by atoms with Crippen molar-refractivity contribution in [3.05, 3.63) is 11.7 Å². The molecule has 0 bridgehead atoms. The Bertz CT molecular complexity index is 524. The van der Waals surface area contributed by atoms with Gasteiger partial charge in [0.25, 0.3) is 5.91 Å². The summed E-state index contributed by atoms with van der Waals surface area (Å²) in [5, 5.41) is 18.3. The Morgan fingerprint density at radius 1 is 1.53 bits per heavy atom. The monoisotopic (exact) mass is 268 g/mol. The van der Waals surface area contributed by atoms with Crippen LogP contribution in [0.15, 0.2) is 9.68 Å². The molecule has 0 radical (unpaired) electrons. The molecule has 0 aromatic carbocycles.